The van der Waals surface area contributed by atoms with Crippen LogP contribution in [-0.2, 0) is 66.6 Å². The fourth-order valence-electron chi connectivity index (χ4n) is 4.19. The van der Waals surface area contributed by atoms with E-state index in [1.807, 2.05) is 0 Å². The lowest BCUT2D eigenvalue weighted by atomic mass is 9.97. The van der Waals surface area contributed by atoms with Crippen molar-refractivity contribution in [3.8, 4) is 0 Å². The Balaban J connectivity index is 2.41. The first-order valence-electron chi connectivity index (χ1n) is 12.6. The third kappa shape index (κ3) is 10.0. The molecule has 0 radical (unpaired) electrons. The average molecular weight is 593 g/mol. The van der Waals surface area contributed by atoms with Crippen LogP contribution in [0.5, 0.6) is 0 Å². The number of carbonyl (C=O) groups is 5. The van der Waals surface area contributed by atoms with E-state index in [2.05, 4.69) is 6.58 Å². The molecule has 0 aromatic heterocycles. The molecule has 0 bridgehead atoms. The van der Waals surface area contributed by atoms with Crippen molar-refractivity contribution in [2.45, 2.75) is 96.0 Å². The van der Waals surface area contributed by atoms with Crippen LogP contribution in [0.15, 0.2) is 12.7 Å². The summed E-state index contributed by atoms with van der Waals surface area (Å²) in [5.41, 5.74) is 0. The molecule has 2 N–H and O–H groups in total. The van der Waals surface area contributed by atoms with Crippen LogP contribution in [0.4, 0.5) is 0 Å². The molecular formula is C25H36O16. The van der Waals surface area contributed by atoms with Crippen LogP contribution in [0.2, 0.25) is 0 Å². The van der Waals surface area contributed by atoms with Crippen LogP contribution in [0, 0.1) is 0 Å². The van der Waals surface area contributed by atoms with Gasteiger partial charge in [-0.05, 0) is 0 Å². The molecule has 0 spiro atoms. The van der Waals surface area contributed by atoms with Gasteiger partial charge in [0.2, 0.25) is 0 Å². The minimum Gasteiger partial charge on any atom is -0.463 e. The summed E-state index contributed by atoms with van der Waals surface area (Å²) in [5, 5.41) is 21.0. The van der Waals surface area contributed by atoms with Crippen LogP contribution in [0.1, 0.15) is 34.6 Å². The van der Waals surface area contributed by atoms with Crippen LogP contribution in [0.3, 0.4) is 0 Å². The van der Waals surface area contributed by atoms with Gasteiger partial charge in [-0.2, -0.15) is 0 Å². The zero-order chi connectivity index (χ0) is 30.9. The molecule has 0 amide bonds. The minimum atomic E-state index is -1.66. The molecule has 16 heteroatoms. The summed E-state index contributed by atoms with van der Waals surface area (Å²) in [6.07, 6.45) is -13.2. The van der Waals surface area contributed by atoms with Crippen molar-refractivity contribution in [3.63, 3.8) is 0 Å². The molecule has 2 aliphatic rings. The second kappa shape index (κ2) is 15.7. The molecule has 0 aromatic carbocycles. The van der Waals surface area contributed by atoms with E-state index in [-0.39, 0.29) is 6.61 Å². The lowest BCUT2D eigenvalue weighted by Gasteiger charge is -2.45. The van der Waals surface area contributed by atoms with Crippen molar-refractivity contribution in [1.82, 2.24) is 0 Å². The average Bonchev–Trinajstić information content (AvgIpc) is 2.86. The van der Waals surface area contributed by atoms with Gasteiger partial charge in [0.15, 0.2) is 37.0 Å². The molecule has 2 rings (SSSR count). The van der Waals surface area contributed by atoms with E-state index >= 15 is 0 Å². The SMILES string of the molecule is C=CCO[C@@H]1O[C@H](CO[C@H]2O[C@H](COC(C)=O)[C@@H](OC(C)=O)[C@H](OC(C)=O)[C@@H]2OC(C)=O)[C@@H](OC(C)=O)[C@H](O)[C@@H]1O. The lowest BCUT2D eigenvalue weighted by molar-refractivity contribution is -0.332. The maximum absolute atomic E-state index is 12.0. The number of rotatable bonds is 12. The van der Waals surface area contributed by atoms with Crippen LogP contribution in [0.25, 0.3) is 0 Å². The van der Waals surface area contributed by atoms with Crippen molar-refractivity contribution < 1.29 is 76.8 Å². The number of esters is 5. The van der Waals surface area contributed by atoms with Gasteiger partial charge in [0.1, 0.15) is 31.0 Å². The van der Waals surface area contributed by atoms with Crippen LogP contribution >= 0.6 is 0 Å². The third-order valence-corrected chi connectivity index (χ3v) is 5.69. The van der Waals surface area contributed by atoms with Gasteiger partial charge < -0.3 is 52.8 Å². The Morgan fingerprint density at radius 2 is 1.12 bits per heavy atom. The van der Waals surface area contributed by atoms with E-state index in [9.17, 15) is 34.2 Å². The maximum atomic E-state index is 12.0. The molecule has 2 fully saturated rings. The highest BCUT2D eigenvalue weighted by Gasteiger charge is 2.54. The predicted octanol–water partition coefficient (Wildman–Crippen LogP) is -1.33. The molecule has 10 atom stereocenters. The number of hydrogen-bond acceptors (Lipinski definition) is 16. The van der Waals surface area contributed by atoms with Gasteiger partial charge in [0, 0.05) is 34.6 Å². The molecule has 2 saturated heterocycles. The second-order valence-corrected chi connectivity index (χ2v) is 9.12. The van der Waals surface area contributed by atoms with Gasteiger partial charge in [-0.15, -0.1) is 6.58 Å². The molecule has 41 heavy (non-hydrogen) atoms. The Morgan fingerprint density at radius 1 is 0.634 bits per heavy atom. The van der Waals surface area contributed by atoms with E-state index in [0.717, 1.165) is 34.6 Å². The van der Waals surface area contributed by atoms with Gasteiger partial charge >= 0.3 is 29.8 Å². The summed E-state index contributed by atoms with van der Waals surface area (Å²) < 4.78 is 48.9. The summed E-state index contributed by atoms with van der Waals surface area (Å²) in [5.74, 6) is -3.97. The van der Waals surface area contributed by atoms with Crippen molar-refractivity contribution in [3.05, 3.63) is 12.7 Å². The number of carbonyl (C=O) groups excluding carboxylic acids is 5. The first-order chi connectivity index (χ1) is 19.2. The number of aliphatic hydroxyl groups excluding tert-OH is 2. The van der Waals surface area contributed by atoms with Gasteiger partial charge in [0.05, 0.1) is 13.2 Å². The highest BCUT2D eigenvalue weighted by molar-refractivity contribution is 5.69. The van der Waals surface area contributed by atoms with E-state index in [1.54, 1.807) is 0 Å². The Labute approximate surface area is 235 Å². The predicted molar refractivity (Wildman–Crippen MR) is 130 cm³/mol. The van der Waals surface area contributed by atoms with Crippen molar-refractivity contribution >= 4 is 29.8 Å². The van der Waals surface area contributed by atoms with Crippen molar-refractivity contribution in [1.29, 1.82) is 0 Å². The van der Waals surface area contributed by atoms with Crippen molar-refractivity contribution in [2.75, 3.05) is 19.8 Å². The minimum absolute atomic E-state index is 0.0556. The highest BCUT2D eigenvalue weighted by Crippen LogP contribution is 2.31. The van der Waals surface area contributed by atoms with E-state index in [4.69, 9.17) is 42.6 Å². The molecule has 16 nitrogen and oxygen atoms in total. The van der Waals surface area contributed by atoms with E-state index in [1.165, 1.54) is 6.08 Å². The quantitative estimate of drug-likeness (QED) is 0.153. The number of hydrogen-bond donors (Lipinski definition) is 2. The second-order valence-electron chi connectivity index (χ2n) is 9.12. The van der Waals surface area contributed by atoms with E-state index in [0.29, 0.717) is 0 Å². The smallest absolute Gasteiger partial charge is 0.303 e. The largest absolute Gasteiger partial charge is 0.463 e. The fourth-order valence-corrected chi connectivity index (χ4v) is 4.19. The Bertz CT molecular complexity index is 952. The van der Waals surface area contributed by atoms with Gasteiger partial charge in [-0.25, -0.2) is 0 Å². The topological polar surface area (TPSA) is 209 Å². The fraction of sp³-hybridized carbons (Fsp3) is 0.720. The Morgan fingerprint density at radius 3 is 1.66 bits per heavy atom. The molecular weight excluding hydrogens is 556 g/mol. The summed E-state index contributed by atoms with van der Waals surface area (Å²) >= 11 is 0. The number of ether oxygens (including phenoxy) is 9. The first kappa shape index (κ1) is 34.1. The summed E-state index contributed by atoms with van der Waals surface area (Å²) in [7, 11) is 0. The summed E-state index contributed by atoms with van der Waals surface area (Å²) in [6, 6.07) is 0. The lowest BCUT2D eigenvalue weighted by Crippen LogP contribution is -2.64. The first-order valence-corrected chi connectivity index (χ1v) is 12.6. The molecule has 0 saturated carbocycles. The van der Waals surface area contributed by atoms with Crippen LogP contribution < -0.4 is 0 Å². The zero-order valence-electron chi connectivity index (χ0n) is 23.3. The zero-order valence-corrected chi connectivity index (χ0v) is 23.3. The van der Waals surface area contributed by atoms with Gasteiger partial charge in [0.25, 0.3) is 0 Å². The third-order valence-electron chi connectivity index (χ3n) is 5.69. The summed E-state index contributed by atoms with van der Waals surface area (Å²) in [4.78, 5) is 59.1. The molecule has 232 valence electrons. The van der Waals surface area contributed by atoms with Gasteiger partial charge in [-0.3, -0.25) is 24.0 Å². The molecule has 2 heterocycles. The molecule has 0 aromatic rings. The van der Waals surface area contributed by atoms with Gasteiger partial charge in [-0.1, -0.05) is 6.08 Å². The summed E-state index contributed by atoms with van der Waals surface area (Å²) in [6.45, 7) is 7.86. The molecule has 2 aliphatic heterocycles. The monoisotopic (exact) mass is 592 g/mol. The maximum Gasteiger partial charge on any atom is 0.303 e. The molecule has 0 unspecified atom stereocenters. The van der Waals surface area contributed by atoms with E-state index < -0.39 is 104 Å². The normalized spacial score (nSPS) is 33.1. The Hall–Kier alpha value is -3.15. The van der Waals surface area contributed by atoms with Crippen LogP contribution in [-0.4, -0.2) is 121 Å². The van der Waals surface area contributed by atoms with Crippen molar-refractivity contribution in [2.24, 2.45) is 0 Å². The Kier molecular flexibility index (Phi) is 13.1. The number of aliphatic hydroxyl groups is 2. The standard InChI is InChI=1S/C25H36O16/c1-7-8-33-24-19(32)18(31)20(36-12(3)27)16(40-24)10-35-25-23(39-15(6)30)22(38-14(5)29)21(37-13(4)28)17(41-25)9-34-11(2)26/h7,16-25,31-32H,1,8-10H2,2-6H3/t16-,17-,18-,19+,20-,21-,22+,23+,24-,25+/m1/s1. The molecule has 0 aliphatic carbocycles. The highest BCUT2D eigenvalue weighted by atomic mass is 16.8.